The Morgan fingerprint density at radius 3 is 2.79 bits per heavy atom. The van der Waals surface area contributed by atoms with Crippen LogP contribution in [0.5, 0.6) is 0 Å². The Morgan fingerprint density at radius 2 is 2.16 bits per heavy atom. The first-order chi connectivity index (χ1) is 9.04. The molecule has 1 aliphatic heterocycles. The molecule has 1 aliphatic rings. The maximum absolute atomic E-state index is 12.6. The van der Waals surface area contributed by atoms with E-state index in [1.807, 2.05) is 30.0 Å². The zero-order chi connectivity index (χ0) is 14.0. The van der Waals surface area contributed by atoms with E-state index in [-0.39, 0.29) is 5.91 Å². The van der Waals surface area contributed by atoms with Crippen molar-refractivity contribution in [2.24, 2.45) is 11.8 Å². The smallest absolute Gasteiger partial charge is 0.254 e. The molecule has 0 aromatic heterocycles. The lowest BCUT2D eigenvalue weighted by Gasteiger charge is -2.38. The Kier molecular flexibility index (Phi) is 4.10. The number of hydrogen-bond acceptors (Lipinski definition) is 3. The summed E-state index contributed by atoms with van der Waals surface area (Å²) < 4.78 is 0. The lowest BCUT2D eigenvalue weighted by Crippen LogP contribution is -2.46. The Bertz CT molecular complexity index is 472. The zero-order valence-corrected chi connectivity index (χ0v) is 11.9. The number of rotatable bonds is 2. The van der Waals surface area contributed by atoms with Gasteiger partial charge in [-0.1, -0.05) is 6.92 Å². The molecule has 0 radical (unpaired) electrons. The highest BCUT2D eigenvalue weighted by atomic mass is 16.2. The second kappa shape index (κ2) is 5.61. The molecular formula is C15H23N3O. The third-order valence-electron chi connectivity index (χ3n) is 4.26. The molecule has 1 amide bonds. The third-order valence-corrected chi connectivity index (χ3v) is 4.26. The van der Waals surface area contributed by atoms with Gasteiger partial charge in [0.25, 0.3) is 5.91 Å². The number of aryl methyl sites for hydroxylation is 1. The summed E-state index contributed by atoms with van der Waals surface area (Å²) in [6.07, 6.45) is 2.30. The summed E-state index contributed by atoms with van der Waals surface area (Å²) in [5, 5.41) is 0. The molecule has 19 heavy (non-hydrogen) atoms. The highest BCUT2D eigenvalue weighted by Crippen LogP contribution is 2.25. The molecule has 2 rings (SSSR count). The van der Waals surface area contributed by atoms with Crippen LogP contribution in [0.4, 0.5) is 5.69 Å². The largest absolute Gasteiger partial charge is 0.336 e. The lowest BCUT2D eigenvalue weighted by atomic mass is 9.91. The van der Waals surface area contributed by atoms with Crippen molar-refractivity contribution in [3.63, 3.8) is 0 Å². The van der Waals surface area contributed by atoms with Crippen LogP contribution in [-0.4, -0.2) is 23.4 Å². The standard InChI is InChI=1S/C15H23N3O/c1-10-5-4-8-18(12(10)3)15(19)13-6-7-14(17-16)11(2)9-13/h6-7,9-10,12,17H,4-5,8,16H2,1-3H3. The Balaban J connectivity index is 2.21. The molecule has 0 bridgehead atoms. The molecule has 2 atom stereocenters. The van der Waals surface area contributed by atoms with Gasteiger partial charge in [-0.25, -0.2) is 0 Å². The summed E-state index contributed by atoms with van der Waals surface area (Å²) in [7, 11) is 0. The molecule has 0 aliphatic carbocycles. The topological polar surface area (TPSA) is 58.4 Å². The predicted octanol–water partition coefficient (Wildman–Crippen LogP) is 2.54. The summed E-state index contributed by atoms with van der Waals surface area (Å²) in [6.45, 7) is 7.18. The molecule has 4 heteroatoms. The van der Waals surface area contributed by atoms with Gasteiger partial charge in [-0.3, -0.25) is 10.6 Å². The number of benzene rings is 1. The number of piperidine rings is 1. The molecule has 2 unspecified atom stereocenters. The van der Waals surface area contributed by atoms with Gasteiger partial charge in [0.05, 0.1) is 5.69 Å². The lowest BCUT2D eigenvalue weighted by molar-refractivity contribution is 0.0551. The Labute approximate surface area is 114 Å². The molecule has 3 N–H and O–H groups in total. The molecular weight excluding hydrogens is 238 g/mol. The van der Waals surface area contributed by atoms with E-state index < -0.39 is 0 Å². The van der Waals surface area contributed by atoms with Gasteiger partial charge in [0.1, 0.15) is 0 Å². The number of amides is 1. The van der Waals surface area contributed by atoms with Crippen molar-refractivity contribution in [1.29, 1.82) is 0 Å². The second-order valence-corrected chi connectivity index (χ2v) is 5.53. The summed E-state index contributed by atoms with van der Waals surface area (Å²) in [4.78, 5) is 14.6. The van der Waals surface area contributed by atoms with Crippen LogP contribution in [-0.2, 0) is 0 Å². The average Bonchev–Trinajstić information content (AvgIpc) is 2.41. The van der Waals surface area contributed by atoms with Gasteiger partial charge >= 0.3 is 0 Å². The number of nitrogens with two attached hydrogens (primary N) is 1. The van der Waals surface area contributed by atoms with E-state index in [0.717, 1.165) is 29.8 Å². The second-order valence-electron chi connectivity index (χ2n) is 5.53. The third kappa shape index (κ3) is 2.73. The van der Waals surface area contributed by atoms with Gasteiger partial charge in [-0.2, -0.15) is 0 Å². The van der Waals surface area contributed by atoms with Crippen molar-refractivity contribution in [1.82, 2.24) is 4.90 Å². The molecule has 1 aromatic carbocycles. The highest BCUT2D eigenvalue weighted by Gasteiger charge is 2.28. The SMILES string of the molecule is Cc1cc(C(=O)N2CCCC(C)C2C)ccc1NN. The molecule has 1 fully saturated rings. The maximum atomic E-state index is 12.6. The number of anilines is 1. The summed E-state index contributed by atoms with van der Waals surface area (Å²) in [5.41, 5.74) is 5.23. The first-order valence-corrected chi connectivity index (χ1v) is 6.93. The number of carbonyl (C=O) groups is 1. The van der Waals surface area contributed by atoms with Gasteiger partial charge in [0, 0.05) is 18.2 Å². The normalized spacial score (nSPS) is 23.3. The van der Waals surface area contributed by atoms with E-state index in [0.29, 0.717) is 12.0 Å². The summed E-state index contributed by atoms with van der Waals surface area (Å²) in [5.74, 6) is 6.12. The molecule has 104 valence electrons. The van der Waals surface area contributed by atoms with E-state index >= 15 is 0 Å². The number of hydrazine groups is 1. The average molecular weight is 261 g/mol. The van der Waals surface area contributed by atoms with Gasteiger partial charge < -0.3 is 10.3 Å². The van der Waals surface area contributed by atoms with Crippen molar-refractivity contribution in [2.45, 2.75) is 39.7 Å². The minimum absolute atomic E-state index is 0.130. The van der Waals surface area contributed by atoms with Crippen molar-refractivity contribution in [2.75, 3.05) is 12.0 Å². The number of nitrogen functional groups attached to an aromatic ring is 1. The zero-order valence-electron chi connectivity index (χ0n) is 11.9. The van der Waals surface area contributed by atoms with Crippen LogP contribution in [0.25, 0.3) is 0 Å². The van der Waals surface area contributed by atoms with E-state index in [4.69, 9.17) is 5.84 Å². The molecule has 0 saturated carbocycles. The van der Waals surface area contributed by atoms with Crippen molar-refractivity contribution < 1.29 is 4.79 Å². The number of nitrogens with zero attached hydrogens (tertiary/aromatic N) is 1. The summed E-state index contributed by atoms with van der Waals surface area (Å²) >= 11 is 0. The van der Waals surface area contributed by atoms with Gasteiger partial charge in [-0.05, 0) is 56.4 Å². The molecule has 1 aromatic rings. The molecule has 4 nitrogen and oxygen atoms in total. The molecule has 0 spiro atoms. The van der Waals surface area contributed by atoms with Crippen LogP contribution >= 0.6 is 0 Å². The number of carbonyl (C=O) groups excluding carboxylic acids is 1. The fraction of sp³-hybridized carbons (Fsp3) is 0.533. The van der Waals surface area contributed by atoms with Crippen LogP contribution in [0.3, 0.4) is 0 Å². The number of hydrogen-bond donors (Lipinski definition) is 2. The number of likely N-dealkylation sites (tertiary alicyclic amines) is 1. The Hall–Kier alpha value is -1.55. The fourth-order valence-corrected chi connectivity index (χ4v) is 2.75. The van der Waals surface area contributed by atoms with Crippen LogP contribution < -0.4 is 11.3 Å². The quantitative estimate of drug-likeness (QED) is 0.635. The first kappa shape index (κ1) is 13.9. The Morgan fingerprint density at radius 1 is 1.42 bits per heavy atom. The van der Waals surface area contributed by atoms with Crippen LogP contribution in [0.15, 0.2) is 18.2 Å². The predicted molar refractivity (Wildman–Crippen MR) is 77.9 cm³/mol. The van der Waals surface area contributed by atoms with Crippen LogP contribution in [0.2, 0.25) is 0 Å². The van der Waals surface area contributed by atoms with Crippen LogP contribution in [0, 0.1) is 12.8 Å². The fourth-order valence-electron chi connectivity index (χ4n) is 2.75. The van der Waals surface area contributed by atoms with E-state index in [1.165, 1.54) is 6.42 Å². The highest BCUT2D eigenvalue weighted by molar-refractivity contribution is 5.95. The minimum atomic E-state index is 0.130. The number of nitrogens with one attached hydrogen (secondary N) is 1. The monoisotopic (exact) mass is 261 g/mol. The summed E-state index contributed by atoms with van der Waals surface area (Å²) in [6, 6.07) is 5.93. The van der Waals surface area contributed by atoms with Gasteiger partial charge in [0.2, 0.25) is 0 Å². The first-order valence-electron chi connectivity index (χ1n) is 6.93. The van der Waals surface area contributed by atoms with Crippen LogP contribution in [0.1, 0.15) is 42.6 Å². The van der Waals surface area contributed by atoms with Gasteiger partial charge in [0.15, 0.2) is 0 Å². The molecule has 1 heterocycles. The minimum Gasteiger partial charge on any atom is -0.336 e. The van der Waals surface area contributed by atoms with Gasteiger partial charge in [-0.15, -0.1) is 0 Å². The van der Waals surface area contributed by atoms with E-state index in [9.17, 15) is 4.79 Å². The van der Waals surface area contributed by atoms with E-state index in [2.05, 4.69) is 19.3 Å². The van der Waals surface area contributed by atoms with Crippen molar-refractivity contribution in [3.05, 3.63) is 29.3 Å². The van der Waals surface area contributed by atoms with Crippen molar-refractivity contribution in [3.8, 4) is 0 Å². The molecule has 1 saturated heterocycles. The van der Waals surface area contributed by atoms with E-state index in [1.54, 1.807) is 0 Å². The van der Waals surface area contributed by atoms with Crippen molar-refractivity contribution >= 4 is 11.6 Å². The maximum Gasteiger partial charge on any atom is 0.254 e.